The van der Waals surface area contributed by atoms with E-state index in [2.05, 4.69) is 9.98 Å². The van der Waals surface area contributed by atoms with Crippen molar-refractivity contribution in [3.8, 4) is 11.6 Å². The monoisotopic (exact) mass is 325 g/mol. The lowest BCUT2D eigenvalue weighted by atomic mass is 10.1. The van der Waals surface area contributed by atoms with Gasteiger partial charge >= 0.3 is 0 Å². The number of benzene rings is 1. The zero-order chi connectivity index (χ0) is 16.6. The molecule has 0 amide bonds. The van der Waals surface area contributed by atoms with Gasteiger partial charge in [0.15, 0.2) is 4.77 Å². The van der Waals surface area contributed by atoms with Crippen molar-refractivity contribution in [3.63, 3.8) is 0 Å². The molecule has 6 heteroatoms. The zero-order valence-electron chi connectivity index (χ0n) is 12.7. The van der Waals surface area contributed by atoms with Crippen LogP contribution < -0.4 is 5.56 Å². The number of nitrogens with zero attached hydrogens (tertiary/aromatic N) is 2. The molecule has 1 aromatic carbocycles. The molecule has 2 aromatic rings. The molecule has 0 unspecified atom stereocenters. The van der Waals surface area contributed by atoms with Crippen LogP contribution in [-0.2, 0) is 0 Å². The fraction of sp³-hybridized carbons (Fsp3) is 0.118. The molecule has 0 aliphatic carbocycles. The van der Waals surface area contributed by atoms with E-state index in [-0.39, 0.29) is 16.2 Å². The molecule has 2 N–H and O–H groups in total. The third-order valence-electron chi connectivity index (χ3n) is 3.45. The van der Waals surface area contributed by atoms with Gasteiger partial charge in [-0.2, -0.15) is 0 Å². The van der Waals surface area contributed by atoms with Crippen LogP contribution in [0.5, 0.6) is 5.88 Å². The van der Waals surface area contributed by atoms with E-state index >= 15 is 0 Å². The van der Waals surface area contributed by atoms with Crippen LogP contribution in [0.1, 0.15) is 16.7 Å². The Hall–Kier alpha value is -2.73. The van der Waals surface area contributed by atoms with Gasteiger partial charge in [0.25, 0.3) is 5.56 Å². The van der Waals surface area contributed by atoms with Gasteiger partial charge in [-0.25, -0.2) is 0 Å². The van der Waals surface area contributed by atoms with Gasteiger partial charge in [-0.3, -0.25) is 19.3 Å². The second-order valence-electron chi connectivity index (χ2n) is 5.38. The van der Waals surface area contributed by atoms with Crippen LogP contribution in [0.3, 0.4) is 0 Å². The normalized spacial score (nSPS) is 14.8. The van der Waals surface area contributed by atoms with Gasteiger partial charge < -0.3 is 5.11 Å². The highest BCUT2D eigenvalue weighted by molar-refractivity contribution is 7.71. The van der Waals surface area contributed by atoms with E-state index in [1.807, 2.05) is 32.0 Å². The third kappa shape index (κ3) is 2.93. The minimum atomic E-state index is -0.448. The highest BCUT2D eigenvalue weighted by Crippen LogP contribution is 2.23. The predicted molar refractivity (Wildman–Crippen MR) is 94.0 cm³/mol. The Morgan fingerprint density at radius 1 is 1.26 bits per heavy atom. The van der Waals surface area contributed by atoms with Crippen LogP contribution in [0.4, 0.5) is 0 Å². The van der Waals surface area contributed by atoms with Gasteiger partial charge in [-0.15, -0.1) is 0 Å². The Kier molecular flexibility index (Phi) is 3.83. The molecule has 116 valence electrons. The van der Waals surface area contributed by atoms with Crippen molar-refractivity contribution >= 4 is 24.5 Å². The number of aromatic nitrogens is 2. The van der Waals surface area contributed by atoms with Gasteiger partial charge in [-0.05, 0) is 67.6 Å². The van der Waals surface area contributed by atoms with E-state index in [4.69, 9.17) is 12.2 Å². The lowest BCUT2D eigenvalue weighted by Gasteiger charge is -2.13. The fourth-order valence-corrected chi connectivity index (χ4v) is 2.82. The molecule has 23 heavy (non-hydrogen) atoms. The van der Waals surface area contributed by atoms with E-state index < -0.39 is 5.56 Å². The third-order valence-corrected chi connectivity index (χ3v) is 3.74. The average molecular weight is 325 g/mol. The van der Waals surface area contributed by atoms with E-state index in [9.17, 15) is 9.90 Å². The molecule has 0 bridgehead atoms. The minimum Gasteiger partial charge on any atom is -0.494 e. The molecule has 0 spiro atoms. The summed E-state index contributed by atoms with van der Waals surface area (Å²) >= 11 is 5.22. The maximum Gasteiger partial charge on any atom is 0.262 e. The molecule has 0 saturated heterocycles. The first-order valence-corrected chi connectivity index (χ1v) is 7.46. The van der Waals surface area contributed by atoms with Crippen molar-refractivity contribution in [1.29, 1.82) is 0 Å². The summed E-state index contributed by atoms with van der Waals surface area (Å²) in [6.45, 7) is 3.92. The molecule has 0 atom stereocenters. The Labute approximate surface area is 138 Å². The molecule has 5 nitrogen and oxygen atoms in total. The van der Waals surface area contributed by atoms with Gasteiger partial charge in [0.05, 0.1) is 11.4 Å². The number of aromatic amines is 1. The Bertz CT molecular complexity index is 960. The van der Waals surface area contributed by atoms with Gasteiger partial charge in [-0.1, -0.05) is 6.07 Å². The molecule has 1 aromatic heterocycles. The number of rotatable bonds is 2. The van der Waals surface area contributed by atoms with Gasteiger partial charge in [0.1, 0.15) is 5.56 Å². The molecule has 0 saturated carbocycles. The highest BCUT2D eigenvalue weighted by atomic mass is 32.1. The first kappa shape index (κ1) is 15.2. The summed E-state index contributed by atoms with van der Waals surface area (Å²) in [5, 5.41) is 10.6. The van der Waals surface area contributed by atoms with E-state index in [1.54, 1.807) is 18.4 Å². The molecular formula is C17H15N3O2S. The Balaban J connectivity index is 2.28. The van der Waals surface area contributed by atoms with Crippen LogP contribution >= 0.6 is 12.2 Å². The molecule has 1 aliphatic heterocycles. The standard InChI is InChI=1S/C17H15N3O2S/c1-10-6-11(2)8-13(7-10)20-16(22)14(15(21)19-17(20)23)9-12-4-3-5-18-12/h3-9,22H,1-2H3,(H,19,21,23). The zero-order valence-corrected chi connectivity index (χ0v) is 13.5. The summed E-state index contributed by atoms with van der Waals surface area (Å²) in [6, 6.07) is 5.81. The van der Waals surface area contributed by atoms with Crippen LogP contribution in [0.15, 0.2) is 45.8 Å². The summed E-state index contributed by atoms with van der Waals surface area (Å²) in [7, 11) is 0. The fourth-order valence-electron chi connectivity index (χ4n) is 2.53. The van der Waals surface area contributed by atoms with Crippen LogP contribution in [-0.4, -0.2) is 20.9 Å². The summed E-state index contributed by atoms with van der Waals surface area (Å²) in [4.78, 5) is 18.8. The number of hydrogen-bond donors (Lipinski definition) is 2. The Morgan fingerprint density at radius 2 is 1.96 bits per heavy atom. The first-order valence-electron chi connectivity index (χ1n) is 7.05. The summed E-state index contributed by atoms with van der Waals surface area (Å²) in [5.41, 5.74) is 3.04. The lowest BCUT2D eigenvalue weighted by molar-refractivity contribution is 0.432. The van der Waals surface area contributed by atoms with Crippen molar-refractivity contribution in [2.45, 2.75) is 13.8 Å². The van der Waals surface area contributed by atoms with E-state index in [0.29, 0.717) is 11.4 Å². The van der Waals surface area contributed by atoms with Crippen LogP contribution in [0.2, 0.25) is 0 Å². The number of allylic oxidation sites excluding steroid dienone is 2. The summed E-state index contributed by atoms with van der Waals surface area (Å²) < 4.78 is 1.59. The minimum absolute atomic E-state index is 0.122. The summed E-state index contributed by atoms with van der Waals surface area (Å²) in [6.07, 6.45) is 6.66. The second-order valence-corrected chi connectivity index (χ2v) is 5.77. The first-order chi connectivity index (χ1) is 11.0. The molecule has 0 radical (unpaired) electrons. The summed E-state index contributed by atoms with van der Waals surface area (Å²) in [5.74, 6) is -0.202. The number of aromatic hydroxyl groups is 1. The van der Waals surface area contributed by atoms with Crippen LogP contribution in [0, 0.1) is 18.6 Å². The largest absolute Gasteiger partial charge is 0.494 e. The maximum atomic E-state index is 12.1. The molecule has 1 aliphatic rings. The number of aliphatic imine (C=N–C) groups is 1. The molecule has 0 fully saturated rings. The quantitative estimate of drug-likeness (QED) is 0.833. The molecule has 2 heterocycles. The van der Waals surface area contributed by atoms with Crippen molar-refractivity contribution < 1.29 is 5.11 Å². The van der Waals surface area contributed by atoms with Crippen molar-refractivity contribution in [1.82, 2.24) is 9.55 Å². The lowest BCUT2D eigenvalue weighted by Crippen LogP contribution is -2.16. The van der Waals surface area contributed by atoms with Crippen LogP contribution in [0.25, 0.3) is 11.8 Å². The Morgan fingerprint density at radius 3 is 2.57 bits per heavy atom. The second kappa shape index (κ2) is 5.81. The van der Waals surface area contributed by atoms with Crippen molar-refractivity contribution in [3.05, 3.63) is 67.9 Å². The van der Waals surface area contributed by atoms with E-state index in [1.165, 1.54) is 10.6 Å². The van der Waals surface area contributed by atoms with Crippen molar-refractivity contribution in [2.24, 2.45) is 4.99 Å². The smallest absolute Gasteiger partial charge is 0.262 e. The number of aryl methyl sites for hydroxylation is 2. The molecular weight excluding hydrogens is 310 g/mol. The van der Waals surface area contributed by atoms with Crippen molar-refractivity contribution in [2.75, 3.05) is 0 Å². The highest BCUT2D eigenvalue weighted by Gasteiger charge is 2.13. The number of hydrogen-bond acceptors (Lipinski definition) is 4. The topological polar surface area (TPSA) is 70.4 Å². The predicted octanol–water partition coefficient (Wildman–Crippen LogP) is 3.20. The average Bonchev–Trinajstić information content (AvgIpc) is 2.95. The molecule has 3 rings (SSSR count). The number of nitrogens with one attached hydrogen (secondary N) is 1. The van der Waals surface area contributed by atoms with Gasteiger partial charge in [0.2, 0.25) is 5.88 Å². The SMILES string of the molecule is Cc1cc(C)cc(-n2c(O)c(C=C3C=CC=N3)c(=O)[nH]c2=S)c1. The van der Waals surface area contributed by atoms with Gasteiger partial charge in [0, 0.05) is 6.21 Å². The number of H-pyrrole nitrogens is 1. The van der Waals surface area contributed by atoms with E-state index in [0.717, 1.165) is 11.1 Å². The maximum absolute atomic E-state index is 12.1.